The van der Waals surface area contributed by atoms with Crippen molar-refractivity contribution in [3.63, 3.8) is 0 Å². The lowest BCUT2D eigenvalue weighted by Gasteiger charge is -2.35. The number of rotatable bonds is 5. The number of hydrogen-bond donors (Lipinski definition) is 0. The highest BCUT2D eigenvalue weighted by Gasteiger charge is 2.23. The van der Waals surface area contributed by atoms with Gasteiger partial charge in [0.1, 0.15) is 0 Å². The molecular weight excluding hydrogens is 230 g/mol. The number of likely N-dealkylation sites (tertiary alicyclic amines) is 1. The molecule has 1 nitrogen and oxygen atoms in total. The van der Waals surface area contributed by atoms with E-state index < -0.39 is 0 Å². The third kappa shape index (κ3) is 4.77. The maximum atomic E-state index is 2.74. The molecule has 2 fully saturated rings. The molecule has 1 saturated heterocycles. The van der Waals surface area contributed by atoms with Gasteiger partial charge in [0, 0.05) is 0 Å². The molecule has 0 aromatic rings. The van der Waals surface area contributed by atoms with Crippen molar-refractivity contribution in [1.29, 1.82) is 0 Å². The van der Waals surface area contributed by atoms with Crippen molar-refractivity contribution < 1.29 is 0 Å². The van der Waals surface area contributed by atoms with Crippen LogP contribution >= 0.6 is 0 Å². The zero-order valence-corrected chi connectivity index (χ0v) is 13.5. The van der Waals surface area contributed by atoms with E-state index in [0.717, 1.165) is 23.7 Å². The van der Waals surface area contributed by atoms with Gasteiger partial charge >= 0.3 is 0 Å². The summed E-state index contributed by atoms with van der Waals surface area (Å²) in [6.07, 6.45) is 11.8. The molecule has 1 aliphatic carbocycles. The van der Waals surface area contributed by atoms with Crippen molar-refractivity contribution in [2.24, 2.45) is 23.7 Å². The summed E-state index contributed by atoms with van der Waals surface area (Å²) in [5.41, 5.74) is 0. The van der Waals surface area contributed by atoms with E-state index in [0.29, 0.717) is 0 Å². The molecule has 0 aromatic heterocycles. The molecule has 2 rings (SSSR count). The Bertz CT molecular complexity index is 232. The fourth-order valence-corrected chi connectivity index (χ4v) is 4.14. The molecule has 0 spiro atoms. The summed E-state index contributed by atoms with van der Waals surface area (Å²) in [7, 11) is 0. The standard InChI is InChI=1S/C18H35N/c1-4-16-5-7-17(8-6-16)9-12-19-13-10-18(11-14-19)15(2)3/h15-18H,4-14H2,1-3H3. The highest BCUT2D eigenvalue weighted by Crippen LogP contribution is 2.33. The van der Waals surface area contributed by atoms with Crippen molar-refractivity contribution in [1.82, 2.24) is 4.90 Å². The van der Waals surface area contributed by atoms with E-state index in [1.165, 1.54) is 71.0 Å². The summed E-state index contributed by atoms with van der Waals surface area (Å²) < 4.78 is 0. The fourth-order valence-electron chi connectivity index (χ4n) is 4.14. The summed E-state index contributed by atoms with van der Waals surface area (Å²) in [5.74, 6) is 3.99. The van der Waals surface area contributed by atoms with Crippen LogP contribution in [0.15, 0.2) is 0 Å². The minimum atomic E-state index is 0.895. The Morgan fingerprint density at radius 2 is 1.47 bits per heavy atom. The van der Waals surface area contributed by atoms with Gasteiger partial charge in [-0.25, -0.2) is 0 Å². The van der Waals surface area contributed by atoms with Gasteiger partial charge in [-0.05, 0) is 62.6 Å². The van der Waals surface area contributed by atoms with Crippen LogP contribution in [0, 0.1) is 23.7 Å². The maximum Gasteiger partial charge on any atom is -0.00160 e. The molecule has 2 aliphatic rings. The van der Waals surface area contributed by atoms with E-state index in [-0.39, 0.29) is 0 Å². The second kappa shape index (κ2) is 7.67. The van der Waals surface area contributed by atoms with Crippen LogP contribution in [-0.4, -0.2) is 24.5 Å². The Hall–Kier alpha value is -0.0400. The number of nitrogens with zero attached hydrogens (tertiary/aromatic N) is 1. The lowest BCUT2D eigenvalue weighted by atomic mass is 9.79. The Kier molecular flexibility index (Phi) is 6.19. The molecule has 0 unspecified atom stereocenters. The Labute approximate surface area is 121 Å². The van der Waals surface area contributed by atoms with Crippen molar-refractivity contribution in [2.45, 2.75) is 72.1 Å². The average Bonchev–Trinajstić information content (AvgIpc) is 2.46. The van der Waals surface area contributed by atoms with Gasteiger partial charge in [-0.1, -0.05) is 52.9 Å². The average molecular weight is 265 g/mol. The van der Waals surface area contributed by atoms with Gasteiger partial charge in [0.15, 0.2) is 0 Å². The van der Waals surface area contributed by atoms with Gasteiger partial charge in [-0.15, -0.1) is 0 Å². The highest BCUT2D eigenvalue weighted by atomic mass is 15.1. The quantitative estimate of drug-likeness (QED) is 0.679. The topological polar surface area (TPSA) is 3.24 Å². The van der Waals surface area contributed by atoms with Crippen LogP contribution in [-0.2, 0) is 0 Å². The largest absolute Gasteiger partial charge is 0.303 e. The second-order valence-electron chi connectivity index (χ2n) is 7.51. The predicted octanol–water partition coefficient (Wildman–Crippen LogP) is 4.96. The minimum Gasteiger partial charge on any atom is -0.303 e. The summed E-state index contributed by atoms with van der Waals surface area (Å²) in [4.78, 5) is 2.74. The number of piperidine rings is 1. The minimum absolute atomic E-state index is 0.895. The Balaban J connectivity index is 1.59. The summed E-state index contributed by atoms with van der Waals surface area (Å²) in [5, 5.41) is 0. The Morgan fingerprint density at radius 1 is 0.895 bits per heavy atom. The van der Waals surface area contributed by atoms with Crippen molar-refractivity contribution in [3.05, 3.63) is 0 Å². The van der Waals surface area contributed by atoms with Crippen molar-refractivity contribution >= 4 is 0 Å². The van der Waals surface area contributed by atoms with Crippen LogP contribution in [0.1, 0.15) is 72.1 Å². The highest BCUT2D eigenvalue weighted by molar-refractivity contribution is 4.77. The summed E-state index contributed by atoms with van der Waals surface area (Å²) in [6.45, 7) is 11.3. The van der Waals surface area contributed by atoms with Crippen LogP contribution in [0.25, 0.3) is 0 Å². The van der Waals surface area contributed by atoms with Crippen molar-refractivity contribution in [3.8, 4) is 0 Å². The molecule has 1 aliphatic heterocycles. The van der Waals surface area contributed by atoms with Crippen molar-refractivity contribution in [2.75, 3.05) is 19.6 Å². The normalized spacial score (nSPS) is 30.9. The molecule has 0 amide bonds. The van der Waals surface area contributed by atoms with Crippen LogP contribution in [0.3, 0.4) is 0 Å². The van der Waals surface area contributed by atoms with E-state index in [9.17, 15) is 0 Å². The second-order valence-corrected chi connectivity index (χ2v) is 7.51. The van der Waals surface area contributed by atoms with Crippen LogP contribution in [0.4, 0.5) is 0 Å². The third-order valence-electron chi connectivity index (χ3n) is 5.97. The molecule has 19 heavy (non-hydrogen) atoms. The van der Waals surface area contributed by atoms with E-state index in [1.54, 1.807) is 0 Å². The van der Waals surface area contributed by atoms with E-state index in [4.69, 9.17) is 0 Å². The summed E-state index contributed by atoms with van der Waals surface area (Å²) in [6, 6.07) is 0. The molecule has 0 atom stereocenters. The maximum absolute atomic E-state index is 2.74. The van der Waals surface area contributed by atoms with Gasteiger partial charge in [0.05, 0.1) is 0 Å². The first-order valence-corrected chi connectivity index (χ1v) is 8.91. The zero-order valence-electron chi connectivity index (χ0n) is 13.5. The first-order chi connectivity index (χ1) is 9.19. The van der Waals surface area contributed by atoms with Crippen LogP contribution < -0.4 is 0 Å². The molecule has 1 heterocycles. The van der Waals surface area contributed by atoms with Gasteiger partial charge in [0.2, 0.25) is 0 Å². The molecule has 0 aromatic carbocycles. The lowest BCUT2D eigenvalue weighted by molar-refractivity contribution is 0.142. The van der Waals surface area contributed by atoms with Gasteiger partial charge in [-0.2, -0.15) is 0 Å². The van der Waals surface area contributed by atoms with Crippen LogP contribution in [0.5, 0.6) is 0 Å². The summed E-state index contributed by atoms with van der Waals surface area (Å²) >= 11 is 0. The number of hydrogen-bond acceptors (Lipinski definition) is 1. The fraction of sp³-hybridized carbons (Fsp3) is 1.00. The van der Waals surface area contributed by atoms with Gasteiger partial charge in [0.25, 0.3) is 0 Å². The predicted molar refractivity (Wildman–Crippen MR) is 84.4 cm³/mol. The first kappa shape index (κ1) is 15.4. The monoisotopic (exact) mass is 265 g/mol. The van der Waals surface area contributed by atoms with Crippen LogP contribution in [0.2, 0.25) is 0 Å². The van der Waals surface area contributed by atoms with E-state index in [2.05, 4.69) is 25.7 Å². The first-order valence-electron chi connectivity index (χ1n) is 8.91. The van der Waals surface area contributed by atoms with Gasteiger partial charge < -0.3 is 4.90 Å². The molecule has 1 heteroatoms. The molecule has 0 radical (unpaired) electrons. The third-order valence-corrected chi connectivity index (χ3v) is 5.97. The van der Waals surface area contributed by atoms with E-state index in [1.807, 2.05) is 0 Å². The molecule has 1 saturated carbocycles. The molecule has 0 N–H and O–H groups in total. The smallest absolute Gasteiger partial charge is 0.00160 e. The zero-order chi connectivity index (χ0) is 13.7. The molecule has 0 bridgehead atoms. The van der Waals surface area contributed by atoms with E-state index >= 15 is 0 Å². The molecular formula is C18H35N. The van der Waals surface area contributed by atoms with Gasteiger partial charge in [-0.3, -0.25) is 0 Å². The lowest BCUT2D eigenvalue weighted by Crippen LogP contribution is -2.36. The Morgan fingerprint density at radius 3 is 2.00 bits per heavy atom. The SMILES string of the molecule is CCC1CCC(CCN2CCC(C(C)C)CC2)CC1. The molecule has 112 valence electrons.